The molecule has 0 unspecified atom stereocenters. The number of carbonyl (C=O) groups is 1. The number of hydrogen-bond acceptors (Lipinski definition) is 5. The van der Waals surface area contributed by atoms with Crippen LogP contribution in [0.25, 0.3) is 21.6 Å². The van der Waals surface area contributed by atoms with Crippen LogP contribution in [0, 0.1) is 0 Å². The third-order valence-electron chi connectivity index (χ3n) is 3.99. The molecule has 0 fully saturated rings. The van der Waals surface area contributed by atoms with Gasteiger partial charge in [-0.1, -0.05) is 6.07 Å². The average molecular weight is 357 g/mol. The molecule has 0 bridgehead atoms. The highest BCUT2D eigenvalue weighted by atomic mass is 32.1. The Kier molecular flexibility index (Phi) is 5.45. The lowest BCUT2D eigenvalue weighted by Gasteiger charge is -2.11. The Morgan fingerprint density at radius 2 is 2.24 bits per heavy atom. The minimum Gasteiger partial charge on any atom is -0.352 e. The second kappa shape index (κ2) is 7.76. The van der Waals surface area contributed by atoms with Crippen LogP contribution in [0.1, 0.15) is 23.7 Å². The van der Waals surface area contributed by atoms with E-state index in [4.69, 9.17) is 4.98 Å². The van der Waals surface area contributed by atoms with Gasteiger partial charge in [0.2, 0.25) is 0 Å². The molecule has 0 atom stereocenters. The fourth-order valence-electron chi connectivity index (χ4n) is 2.71. The zero-order chi connectivity index (χ0) is 17.8. The maximum absolute atomic E-state index is 12.7. The topological polar surface area (TPSA) is 63.1 Å². The van der Waals surface area contributed by atoms with E-state index >= 15 is 0 Å². The Labute approximate surface area is 151 Å². The van der Waals surface area contributed by atoms with Crippen molar-refractivity contribution in [1.29, 1.82) is 0 Å². The molecule has 0 radical (unpaired) electrons. The maximum atomic E-state index is 12.7. The summed E-state index contributed by atoms with van der Waals surface area (Å²) in [7, 11) is 4.06. The van der Waals surface area contributed by atoms with E-state index in [1.54, 1.807) is 17.5 Å². The molecule has 0 aliphatic rings. The van der Waals surface area contributed by atoms with Crippen LogP contribution in [-0.4, -0.2) is 52.8 Å². The number of rotatable bonds is 7. The highest BCUT2D eigenvalue weighted by Gasteiger charge is 2.17. The first-order valence-corrected chi connectivity index (χ1v) is 9.31. The minimum absolute atomic E-state index is 0.0698. The van der Waals surface area contributed by atoms with Crippen molar-refractivity contribution in [3.05, 3.63) is 35.3 Å². The molecule has 0 aliphatic heterocycles. The molecule has 0 aromatic carbocycles. The van der Waals surface area contributed by atoms with Crippen LogP contribution in [0.5, 0.6) is 0 Å². The Morgan fingerprint density at radius 3 is 2.92 bits per heavy atom. The Hall–Kier alpha value is -2.25. The van der Waals surface area contributed by atoms with Crippen LogP contribution >= 0.6 is 11.3 Å². The molecule has 132 valence electrons. The lowest BCUT2D eigenvalue weighted by Crippen LogP contribution is -2.27. The van der Waals surface area contributed by atoms with E-state index < -0.39 is 0 Å². The summed E-state index contributed by atoms with van der Waals surface area (Å²) in [5.74, 6) is -0.0698. The van der Waals surface area contributed by atoms with Crippen molar-refractivity contribution < 1.29 is 4.79 Å². The van der Waals surface area contributed by atoms with Crippen LogP contribution in [0.2, 0.25) is 0 Å². The maximum Gasteiger partial charge on any atom is 0.252 e. The molecule has 0 saturated heterocycles. The number of aryl methyl sites for hydroxylation is 1. The number of thiophene rings is 1. The Morgan fingerprint density at radius 1 is 1.40 bits per heavy atom. The monoisotopic (exact) mass is 357 g/mol. The summed E-state index contributed by atoms with van der Waals surface area (Å²) in [5.41, 5.74) is 2.21. The van der Waals surface area contributed by atoms with Crippen LogP contribution in [0.3, 0.4) is 0 Å². The highest BCUT2D eigenvalue weighted by Crippen LogP contribution is 2.27. The minimum atomic E-state index is -0.0698. The predicted molar refractivity (Wildman–Crippen MR) is 102 cm³/mol. The number of nitrogens with zero attached hydrogens (tertiary/aromatic N) is 4. The highest BCUT2D eigenvalue weighted by molar-refractivity contribution is 7.13. The number of hydrogen-bond donors (Lipinski definition) is 1. The van der Waals surface area contributed by atoms with Crippen molar-refractivity contribution in [2.24, 2.45) is 0 Å². The predicted octanol–water partition coefficient (Wildman–Crippen LogP) is 2.86. The van der Waals surface area contributed by atoms with E-state index in [1.807, 2.05) is 49.3 Å². The molecular formula is C18H23N5OS. The van der Waals surface area contributed by atoms with Crippen molar-refractivity contribution >= 4 is 28.3 Å². The SMILES string of the molecule is CCn1ncc2c(C(=O)NCCCN(C)C)cc(-c3cccs3)nc21. The smallest absolute Gasteiger partial charge is 0.252 e. The number of aromatic nitrogens is 3. The number of fused-ring (bicyclic) bond motifs is 1. The largest absolute Gasteiger partial charge is 0.352 e. The summed E-state index contributed by atoms with van der Waals surface area (Å²) in [6.45, 7) is 4.33. The van der Waals surface area contributed by atoms with Gasteiger partial charge in [-0.15, -0.1) is 11.3 Å². The number of carbonyl (C=O) groups excluding carboxylic acids is 1. The lowest BCUT2D eigenvalue weighted by molar-refractivity contribution is 0.0954. The van der Waals surface area contributed by atoms with Gasteiger partial charge in [0, 0.05) is 13.1 Å². The zero-order valence-corrected chi connectivity index (χ0v) is 15.6. The second-order valence-electron chi connectivity index (χ2n) is 6.14. The van der Waals surface area contributed by atoms with Gasteiger partial charge in [-0.2, -0.15) is 5.10 Å². The molecule has 3 rings (SSSR count). The first kappa shape index (κ1) is 17.6. The van der Waals surface area contributed by atoms with Crippen LogP contribution < -0.4 is 5.32 Å². The van der Waals surface area contributed by atoms with Crippen molar-refractivity contribution in [2.45, 2.75) is 19.9 Å². The van der Waals surface area contributed by atoms with Crippen molar-refractivity contribution in [2.75, 3.05) is 27.2 Å². The van der Waals surface area contributed by atoms with E-state index in [0.717, 1.165) is 34.6 Å². The molecule has 1 amide bonds. The standard InChI is InChI=1S/C18H23N5OS/c1-4-23-17-14(12-20-23)13(18(24)19-8-6-9-22(2)3)11-15(21-17)16-7-5-10-25-16/h5,7,10-12H,4,6,8-9H2,1-3H3,(H,19,24). The fraction of sp³-hybridized carbons (Fsp3) is 0.389. The van der Waals surface area contributed by atoms with Gasteiger partial charge in [-0.05, 0) is 51.5 Å². The number of pyridine rings is 1. The van der Waals surface area contributed by atoms with Gasteiger partial charge in [0.15, 0.2) is 5.65 Å². The third-order valence-corrected chi connectivity index (χ3v) is 4.89. The summed E-state index contributed by atoms with van der Waals surface area (Å²) in [6, 6.07) is 5.88. The Bertz CT molecular complexity index is 854. The van der Waals surface area contributed by atoms with Crippen LogP contribution in [0.4, 0.5) is 0 Å². The molecule has 7 heteroatoms. The van der Waals surface area contributed by atoms with E-state index in [2.05, 4.69) is 15.3 Å². The fourth-order valence-corrected chi connectivity index (χ4v) is 3.40. The molecule has 25 heavy (non-hydrogen) atoms. The summed E-state index contributed by atoms with van der Waals surface area (Å²) < 4.78 is 1.83. The summed E-state index contributed by atoms with van der Waals surface area (Å²) >= 11 is 1.62. The van der Waals surface area contributed by atoms with Crippen molar-refractivity contribution in [3.63, 3.8) is 0 Å². The van der Waals surface area contributed by atoms with Gasteiger partial charge in [0.25, 0.3) is 5.91 Å². The molecule has 3 aromatic heterocycles. The number of amides is 1. The van der Waals surface area contributed by atoms with E-state index in [-0.39, 0.29) is 5.91 Å². The molecule has 1 N–H and O–H groups in total. The second-order valence-corrected chi connectivity index (χ2v) is 7.09. The normalized spacial score (nSPS) is 11.4. The average Bonchev–Trinajstić information content (AvgIpc) is 3.26. The van der Waals surface area contributed by atoms with Gasteiger partial charge in [-0.3, -0.25) is 4.79 Å². The van der Waals surface area contributed by atoms with E-state index in [9.17, 15) is 4.79 Å². The van der Waals surface area contributed by atoms with Gasteiger partial charge < -0.3 is 10.2 Å². The van der Waals surface area contributed by atoms with E-state index in [1.165, 1.54) is 0 Å². The summed E-state index contributed by atoms with van der Waals surface area (Å²) in [6.07, 6.45) is 2.65. The molecule has 6 nitrogen and oxygen atoms in total. The molecule has 3 aromatic rings. The lowest BCUT2D eigenvalue weighted by atomic mass is 10.1. The van der Waals surface area contributed by atoms with Crippen molar-refractivity contribution in [3.8, 4) is 10.6 Å². The van der Waals surface area contributed by atoms with Crippen LogP contribution in [0.15, 0.2) is 29.8 Å². The number of nitrogens with one attached hydrogen (secondary N) is 1. The molecule has 0 spiro atoms. The molecule has 0 aliphatic carbocycles. The van der Waals surface area contributed by atoms with Gasteiger partial charge >= 0.3 is 0 Å². The summed E-state index contributed by atoms with van der Waals surface area (Å²) in [4.78, 5) is 20.6. The zero-order valence-electron chi connectivity index (χ0n) is 14.8. The van der Waals surface area contributed by atoms with Gasteiger partial charge in [-0.25, -0.2) is 9.67 Å². The first-order chi connectivity index (χ1) is 12.1. The first-order valence-electron chi connectivity index (χ1n) is 8.43. The van der Waals surface area contributed by atoms with Gasteiger partial charge in [0.05, 0.1) is 27.7 Å². The van der Waals surface area contributed by atoms with Crippen LogP contribution in [-0.2, 0) is 6.54 Å². The quantitative estimate of drug-likeness (QED) is 0.661. The van der Waals surface area contributed by atoms with Crippen molar-refractivity contribution in [1.82, 2.24) is 25.0 Å². The molecule has 3 heterocycles. The Balaban J connectivity index is 1.92. The van der Waals surface area contributed by atoms with Gasteiger partial charge in [0.1, 0.15) is 0 Å². The third kappa shape index (κ3) is 3.88. The summed E-state index contributed by atoms with van der Waals surface area (Å²) in [5, 5.41) is 10.2. The molecular weight excluding hydrogens is 334 g/mol. The molecule has 0 saturated carbocycles. The van der Waals surface area contributed by atoms with E-state index in [0.29, 0.717) is 18.7 Å².